The summed E-state index contributed by atoms with van der Waals surface area (Å²) in [6, 6.07) is 17.2. The Morgan fingerprint density at radius 2 is 1.41 bits per heavy atom. The molecule has 0 aliphatic heterocycles. The molecule has 4 nitrogen and oxygen atoms in total. The molecule has 6 heteroatoms. The van der Waals surface area contributed by atoms with Crippen LogP contribution in [0.4, 0.5) is 5.69 Å². The van der Waals surface area contributed by atoms with Gasteiger partial charge in [-0.2, -0.15) is 0 Å². The zero-order valence-corrected chi connectivity index (χ0v) is 17.0. The van der Waals surface area contributed by atoms with Crippen molar-refractivity contribution in [3.05, 3.63) is 65.5 Å². The monoisotopic (exact) mass is 399 g/mol. The van der Waals surface area contributed by atoms with Gasteiger partial charge in [-0.05, 0) is 48.9 Å². The van der Waals surface area contributed by atoms with Gasteiger partial charge in [0.15, 0.2) is 5.78 Å². The summed E-state index contributed by atoms with van der Waals surface area (Å²) >= 11 is 1.50. The minimum absolute atomic E-state index is 0.0472. The van der Waals surface area contributed by atoms with Crippen LogP contribution >= 0.6 is 11.3 Å². The summed E-state index contributed by atoms with van der Waals surface area (Å²) in [5.74, 6) is 0.0472. The molecule has 0 saturated carbocycles. The van der Waals surface area contributed by atoms with Gasteiger partial charge in [-0.1, -0.05) is 48.5 Å². The molecule has 1 heterocycles. The minimum Gasteiger partial charge on any atom is -0.295 e. The number of ketones is 1. The molecular weight excluding hydrogens is 378 g/mol. The highest BCUT2D eigenvalue weighted by atomic mass is 32.2. The Balaban J connectivity index is 1.86. The van der Waals surface area contributed by atoms with Crippen molar-refractivity contribution in [3.8, 4) is 21.6 Å². The van der Waals surface area contributed by atoms with Crippen molar-refractivity contribution in [1.29, 1.82) is 0 Å². The normalized spacial score (nSPS) is 11.6. The van der Waals surface area contributed by atoms with Gasteiger partial charge in [0.2, 0.25) is 10.0 Å². The van der Waals surface area contributed by atoms with Gasteiger partial charge < -0.3 is 0 Å². The molecule has 1 aromatic heterocycles. The molecular formula is C21H21NO3S2. The number of benzene rings is 2. The maximum atomic E-state index is 12.2. The molecule has 1 N–H and O–H groups in total. The Labute approximate surface area is 163 Å². The highest BCUT2D eigenvalue weighted by Gasteiger charge is 2.18. The predicted octanol–water partition coefficient (Wildman–Crippen LogP) is 5.43. The molecule has 0 radical (unpaired) electrons. The second-order valence-electron chi connectivity index (χ2n) is 6.57. The fraction of sp³-hybridized carbons (Fsp3) is 0.190. The summed E-state index contributed by atoms with van der Waals surface area (Å²) in [6.07, 6.45) is 0. The fourth-order valence-corrected chi connectivity index (χ4v) is 4.23. The van der Waals surface area contributed by atoms with Crippen LogP contribution in [0.1, 0.15) is 31.1 Å². The number of carbonyl (C=O) groups excluding carboxylic acids is 1. The van der Waals surface area contributed by atoms with Crippen LogP contribution < -0.4 is 4.72 Å². The van der Waals surface area contributed by atoms with Crippen LogP contribution in [0.25, 0.3) is 21.6 Å². The molecule has 0 fully saturated rings. The van der Waals surface area contributed by atoms with E-state index in [1.807, 2.05) is 53.9 Å². The molecule has 0 unspecified atom stereocenters. The largest absolute Gasteiger partial charge is 0.295 e. The van der Waals surface area contributed by atoms with E-state index in [1.165, 1.54) is 11.3 Å². The molecule has 0 aliphatic rings. The van der Waals surface area contributed by atoms with Crippen molar-refractivity contribution in [2.45, 2.75) is 26.0 Å². The minimum atomic E-state index is -3.38. The standard InChI is InChI=1S/C21H21NO3S2/c1-14(2)27(24,25)22-20-12-13-26-21(20)19-10-8-18(9-11-19)17-6-4-16(5-7-17)15(3)23/h4-14,22H,1-3H3. The van der Waals surface area contributed by atoms with Crippen LogP contribution in [0.5, 0.6) is 0 Å². The average molecular weight is 400 g/mol. The summed E-state index contributed by atoms with van der Waals surface area (Å²) in [6.45, 7) is 4.86. The van der Waals surface area contributed by atoms with E-state index in [-0.39, 0.29) is 5.78 Å². The Bertz CT molecular complexity index is 1050. The third-order valence-corrected chi connectivity index (χ3v) is 7.02. The van der Waals surface area contributed by atoms with E-state index in [9.17, 15) is 13.2 Å². The third kappa shape index (κ3) is 4.28. The predicted molar refractivity (Wildman–Crippen MR) is 113 cm³/mol. The lowest BCUT2D eigenvalue weighted by Crippen LogP contribution is -2.22. The second kappa shape index (κ2) is 7.66. The lowest BCUT2D eigenvalue weighted by atomic mass is 10.0. The summed E-state index contributed by atoms with van der Waals surface area (Å²) < 4.78 is 27.0. The molecule has 3 rings (SSSR count). The van der Waals surface area contributed by atoms with Crippen molar-refractivity contribution < 1.29 is 13.2 Å². The maximum absolute atomic E-state index is 12.2. The number of sulfonamides is 1. The van der Waals surface area contributed by atoms with Crippen LogP contribution in [0.2, 0.25) is 0 Å². The lowest BCUT2D eigenvalue weighted by molar-refractivity contribution is 0.101. The first-order valence-electron chi connectivity index (χ1n) is 8.59. The topological polar surface area (TPSA) is 63.2 Å². The van der Waals surface area contributed by atoms with Crippen molar-refractivity contribution >= 4 is 32.8 Å². The number of anilines is 1. The fourth-order valence-electron chi connectivity index (χ4n) is 2.60. The number of hydrogen-bond acceptors (Lipinski definition) is 4. The van der Waals surface area contributed by atoms with Gasteiger partial charge in [0.25, 0.3) is 0 Å². The summed E-state index contributed by atoms with van der Waals surface area (Å²) in [7, 11) is -3.38. The molecule has 2 aromatic carbocycles. The highest BCUT2D eigenvalue weighted by molar-refractivity contribution is 7.93. The summed E-state index contributed by atoms with van der Waals surface area (Å²) in [5.41, 5.74) is 4.31. The van der Waals surface area contributed by atoms with E-state index in [0.29, 0.717) is 11.3 Å². The third-order valence-electron chi connectivity index (χ3n) is 4.31. The van der Waals surface area contributed by atoms with Crippen molar-refractivity contribution in [3.63, 3.8) is 0 Å². The smallest absolute Gasteiger partial charge is 0.235 e. The molecule has 140 valence electrons. The van der Waals surface area contributed by atoms with E-state index in [4.69, 9.17) is 0 Å². The van der Waals surface area contributed by atoms with E-state index >= 15 is 0 Å². The van der Waals surface area contributed by atoms with Crippen molar-refractivity contribution in [2.75, 3.05) is 4.72 Å². The van der Waals surface area contributed by atoms with E-state index < -0.39 is 15.3 Å². The molecule has 0 spiro atoms. The summed E-state index contributed by atoms with van der Waals surface area (Å²) in [5, 5.41) is 1.38. The van der Waals surface area contributed by atoms with Crippen LogP contribution in [-0.4, -0.2) is 19.5 Å². The Morgan fingerprint density at radius 3 is 1.93 bits per heavy atom. The zero-order valence-electron chi connectivity index (χ0n) is 15.4. The first kappa shape index (κ1) is 19.3. The highest BCUT2D eigenvalue weighted by Crippen LogP contribution is 2.35. The zero-order chi connectivity index (χ0) is 19.6. The van der Waals surface area contributed by atoms with Gasteiger partial charge in [0.1, 0.15) is 0 Å². The number of thiophene rings is 1. The van der Waals surface area contributed by atoms with Crippen molar-refractivity contribution in [2.24, 2.45) is 0 Å². The first-order chi connectivity index (χ1) is 12.8. The van der Waals surface area contributed by atoms with Crippen LogP contribution in [0.3, 0.4) is 0 Å². The Kier molecular flexibility index (Phi) is 5.48. The Morgan fingerprint density at radius 1 is 0.889 bits per heavy atom. The molecule has 0 saturated heterocycles. The Hall–Kier alpha value is -2.44. The number of hydrogen-bond donors (Lipinski definition) is 1. The second-order valence-corrected chi connectivity index (χ2v) is 9.72. The molecule has 0 aliphatic carbocycles. The molecule has 27 heavy (non-hydrogen) atoms. The lowest BCUT2D eigenvalue weighted by Gasteiger charge is -2.12. The average Bonchev–Trinajstić information content (AvgIpc) is 3.09. The number of rotatable bonds is 6. The van der Waals surface area contributed by atoms with E-state index in [1.54, 1.807) is 26.8 Å². The van der Waals surface area contributed by atoms with Gasteiger partial charge in [-0.25, -0.2) is 8.42 Å². The van der Waals surface area contributed by atoms with Gasteiger partial charge in [-0.3, -0.25) is 9.52 Å². The van der Waals surface area contributed by atoms with E-state index in [0.717, 1.165) is 21.6 Å². The number of Topliss-reactive ketones (excluding diaryl/α,β-unsaturated/α-hetero) is 1. The quantitative estimate of drug-likeness (QED) is 0.562. The maximum Gasteiger partial charge on any atom is 0.235 e. The first-order valence-corrected chi connectivity index (χ1v) is 11.0. The number of nitrogens with one attached hydrogen (secondary N) is 1. The van der Waals surface area contributed by atoms with E-state index in [2.05, 4.69) is 4.72 Å². The van der Waals surface area contributed by atoms with Gasteiger partial charge in [0, 0.05) is 5.56 Å². The SMILES string of the molecule is CC(=O)c1ccc(-c2ccc(-c3sccc3NS(=O)(=O)C(C)C)cc2)cc1. The van der Waals surface area contributed by atoms with Crippen LogP contribution in [0, 0.1) is 0 Å². The number of carbonyl (C=O) groups is 1. The molecule has 0 bridgehead atoms. The molecule has 0 amide bonds. The molecule has 3 aromatic rings. The van der Waals surface area contributed by atoms with Crippen LogP contribution in [-0.2, 0) is 10.0 Å². The van der Waals surface area contributed by atoms with Gasteiger partial charge >= 0.3 is 0 Å². The van der Waals surface area contributed by atoms with Gasteiger partial charge in [-0.15, -0.1) is 11.3 Å². The van der Waals surface area contributed by atoms with Gasteiger partial charge in [0.05, 0.1) is 15.8 Å². The van der Waals surface area contributed by atoms with Crippen LogP contribution in [0.15, 0.2) is 60.0 Å². The van der Waals surface area contributed by atoms with Crippen molar-refractivity contribution in [1.82, 2.24) is 0 Å². The summed E-state index contributed by atoms with van der Waals surface area (Å²) in [4.78, 5) is 12.3. The molecule has 0 atom stereocenters.